The van der Waals surface area contributed by atoms with Crippen molar-refractivity contribution in [3.05, 3.63) is 59.8 Å². The first-order valence-corrected chi connectivity index (χ1v) is 10.2. The quantitative estimate of drug-likeness (QED) is 0.691. The lowest BCUT2D eigenvalue weighted by atomic mass is 10.2. The molecule has 156 valence electrons. The molecule has 1 aromatic heterocycles. The van der Waals surface area contributed by atoms with Gasteiger partial charge in [0.15, 0.2) is 0 Å². The monoisotopic (exact) mass is 425 g/mol. The van der Waals surface area contributed by atoms with Crippen LogP contribution in [-0.4, -0.2) is 53.9 Å². The first kappa shape index (κ1) is 21.6. The maximum Gasteiger partial charge on any atom is 0.417 e. The number of ether oxygens (including phenoxy) is 1. The van der Waals surface area contributed by atoms with Crippen LogP contribution in [0.15, 0.2) is 53.7 Å². The number of morpholine rings is 1. The molecule has 0 spiro atoms. The highest BCUT2D eigenvalue weighted by Gasteiger charge is 2.30. The number of hydrogen-bond acceptors (Lipinski definition) is 5. The summed E-state index contributed by atoms with van der Waals surface area (Å²) in [4.78, 5) is 18.1. The Labute approximate surface area is 171 Å². The average Bonchev–Trinajstić information content (AvgIpc) is 2.71. The minimum atomic E-state index is -4.41. The third-order valence-electron chi connectivity index (χ3n) is 4.41. The molecule has 29 heavy (non-hydrogen) atoms. The summed E-state index contributed by atoms with van der Waals surface area (Å²) in [7, 11) is 0. The van der Waals surface area contributed by atoms with E-state index in [0.29, 0.717) is 18.2 Å². The van der Waals surface area contributed by atoms with E-state index in [-0.39, 0.29) is 17.8 Å². The van der Waals surface area contributed by atoms with Crippen molar-refractivity contribution in [2.24, 2.45) is 0 Å². The zero-order chi connectivity index (χ0) is 20.7. The van der Waals surface area contributed by atoms with Gasteiger partial charge >= 0.3 is 6.18 Å². The summed E-state index contributed by atoms with van der Waals surface area (Å²) in [5.74, 6) is -0.126. The summed E-state index contributed by atoms with van der Waals surface area (Å²) in [6.07, 6.45) is -3.73. The van der Waals surface area contributed by atoms with E-state index in [4.69, 9.17) is 4.74 Å². The van der Waals surface area contributed by atoms with Crippen molar-refractivity contribution in [3.8, 4) is 0 Å². The summed E-state index contributed by atoms with van der Waals surface area (Å²) in [5, 5.41) is 3.19. The molecule has 1 aliphatic rings. The van der Waals surface area contributed by atoms with Gasteiger partial charge in [0.1, 0.15) is 0 Å². The van der Waals surface area contributed by atoms with Crippen LogP contribution in [0, 0.1) is 0 Å². The number of carbonyl (C=O) groups is 1. The standard InChI is InChI=1S/C20H22F3N3O2S/c21-20(22,23)16-6-7-19(25-10-16)29-14-18(27)24-11-17-13-26(8-9-28-17)12-15-4-2-1-3-5-15/h1-7,10,17H,8-9,11-14H2,(H,24,27). The van der Waals surface area contributed by atoms with E-state index in [0.717, 1.165) is 43.7 Å². The number of halogens is 3. The highest BCUT2D eigenvalue weighted by molar-refractivity contribution is 7.99. The van der Waals surface area contributed by atoms with Crippen LogP contribution < -0.4 is 5.32 Å². The Bertz CT molecular complexity index is 788. The molecule has 1 aromatic carbocycles. The topological polar surface area (TPSA) is 54.5 Å². The minimum absolute atomic E-state index is 0.0822. The van der Waals surface area contributed by atoms with Crippen molar-refractivity contribution >= 4 is 17.7 Å². The van der Waals surface area contributed by atoms with Crippen molar-refractivity contribution in [1.29, 1.82) is 0 Å². The fourth-order valence-electron chi connectivity index (χ4n) is 2.94. The second-order valence-corrected chi connectivity index (χ2v) is 7.68. The Morgan fingerprint density at radius 1 is 1.24 bits per heavy atom. The molecule has 5 nitrogen and oxygen atoms in total. The second-order valence-electron chi connectivity index (χ2n) is 6.69. The molecule has 1 fully saturated rings. The van der Waals surface area contributed by atoms with Crippen LogP contribution in [0.5, 0.6) is 0 Å². The van der Waals surface area contributed by atoms with Crippen LogP contribution in [0.4, 0.5) is 13.2 Å². The lowest BCUT2D eigenvalue weighted by Crippen LogP contribution is -2.47. The Morgan fingerprint density at radius 3 is 2.72 bits per heavy atom. The number of pyridine rings is 1. The molecular formula is C20H22F3N3O2S. The van der Waals surface area contributed by atoms with E-state index in [1.54, 1.807) is 0 Å². The molecule has 3 rings (SSSR count). The van der Waals surface area contributed by atoms with Gasteiger partial charge in [0, 0.05) is 32.4 Å². The number of thioether (sulfide) groups is 1. The zero-order valence-corrected chi connectivity index (χ0v) is 16.5. The number of amides is 1. The van der Waals surface area contributed by atoms with Crippen LogP contribution >= 0.6 is 11.8 Å². The summed E-state index contributed by atoms with van der Waals surface area (Å²) < 4.78 is 43.3. The lowest BCUT2D eigenvalue weighted by molar-refractivity contribution is -0.137. The first-order chi connectivity index (χ1) is 13.9. The molecule has 2 aromatic rings. The number of hydrogen-bond donors (Lipinski definition) is 1. The fourth-order valence-corrected chi connectivity index (χ4v) is 3.61. The molecule has 1 atom stereocenters. The maximum atomic E-state index is 12.5. The van der Waals surface area contributed by atoms with Crippen molar-refractivity contribution in [3.63, 3.8) is 0 Å². The molecule has 1 aliphatic heterocycles. The van der Waals surface area contributed by atoms with E-state index < -0.39 is 11.7 Å². The molecule has 1 N–H and O–H groups in total. The van der Waals surface area contributed by atoms with Gasteiger partial charge in [0.05, 0.1) is 29.1 Å². The fraction of sp³-hybridized carbons (Fsp3) is 0.400. The van der Waals surface area contributed by atoms with Crippen molar-refractivity contribution in [2.75, 3.05) is 32.0 Å². The van der Waals surface area contributed by atoms with E-state index >= 15 is 0 Å². The molecule has 0 bridgehead atoms. The third kappa shape index (κ3) is 7.02. The molecular weight excluding hydrogens is 403 g/mol. The number of rotatable bonds is 7. The van der Waals surface area contributed by atoms with Crippen LogP contribution in [0.2, 0.25) is 0 Å². The SMILES string of the molecule is O=C(CSc1ccc(C(F)(F)F)cn1)NCC1CN(Cc2ccccc2)CCO1. The van der Waals surface area contributed by atoms with Crippen molar-refractivity contribution in [2.45, 2.75) is 23.9 Å². The van der Waals surface area contributed by atoms with Gasteiger partial charge in [-0.25, -0.2) is 4.98 Å². The Hall–Kier alpha value is -2.10. The van der Waals surface area contributed by atoms with Gasteiger partial charge in [-0.3, -0.25) is 9.69 Å². The summed E-state index contributed by atoms with van der Waals surface area (Å²) in [6, 6.07) is 12.4. The van der Waals surface area contributed by atoms with Crippen molar-refractivity contribution < 1.29 is 22.7 Å². The van der Waals surface area contributed by atoms with Gasteiger partial charge in [0.25, 0.3) is 0 Å². The average molecular weight is 425 g/mol. The maximum absolute atomic E-state index is 12.5. The molecule has 2 heterocycles. The van der Waals surface area contributed by atoms with Gasteiger partial charge in [0.2, 0.25) is 5.91 Å². The Morgan fingerprint density at radius 2 is 2.03 bits per heavy atom. The number of carbonyl (C=O) groups excluding carboxylic acids is 1. The second kappa shape index (κ2) is 10.1. The highest BCUT2D eigenvalue weighted by Crippen LogP contribution is 2.29. The first-order valence-electron chi connectivity index (χ1n) is 9.21. The number of aromatic nitrogens is 1. The number of nitrogens with one attached hydrogen (secondary N) is 1. The van der Waals surface area contributed by atoms with Crippen LogP contribution in [0.3, 0.4) is 0 Å². The highest BCUT2D eigenvalue weighted by atomic mass is 32.2. The zero-order valence-electron chi connectivity index (χ0n) is 15.7. The Kier molecular flexibility index (Phi) is 7.51. The van der Waals surface area contributed by atoms with Gasteiger partial charge in [-0.15, -0.1) is 0 Å². The summed E-state index contributed by atoms with van der Waals surface area (Å²) in [5.41, 5.74) is 0.429. The molecule has 0 radical (unpaired) electrons. The molecule has 1 amide bonds. The number of alkyl halides is 3. The lowest BCUT2D eigenvalue weighted by Gasteiger charge is -2.33. The van der Waals surface area contributed by atoms with Gasteiger partial charge in [-0.2, -0.15) is 13.2 Å². The summed E-state index contributed by atoms with van der Waals surface area (Å²) in [6.45, 7) is 3.41. The molecule has 0 saturated carbocycles. The van der Waals surface area contributed by atoms with E-state index in [1.165, 1.54) is 11.6 Å². The summed E-state index contributed by atoms with van der Waals surface area (Å²) >= 11 is 1.10. The molecule has 9 heteroatoms. The van der Waals surface area contributed by atoms with Crippen LogP contribution in [0.1, 0.15) is 11.1 Å². The van der Waals surface area contributed by atoms with Gasteiger partial charge in [-0.1, -0.05) is 42.1 Å². The molecule has 0 aliphatic carbocycles. The minimum Gasteiger partial charge on any atom is -0.374 e. The predicted octanol–water partition coefficient (Wildman–Crippen LogP) is 3.21. The number of benzene rings is 1. The normalized spacial score (nSPS) is 17.8. The number of nitrogens with zero attached hydrogens (tertiary/aromatic N) is 2. The predicted molar refractivity (Wildman–Crippen MR) is 104 cm³/mol. The van der Waals surface area contributed by atoms with E-state index in [9.17, 15) is 18.0 Å². The third-order valence-corrected chi connectivity index (χ3v) is 5.36. The van der Waals surface area contributed by atoms with Gasteiger partial charge in [-0.05, 0) is 17.7 Å². The smallest absolute Gasteiger partial charge is 0.374 e. The largest absolute Gasteiger partial charge is 0.417 e. The van der Waals surface area contributed by atoms with Crippen molar-refractivity contribution in [1.82, 2.24) is 15.2 Å². The van der Waals surface area contributed by atoms with Crippen LogP contribution in [0.25, 0.3) is 0 Å². The van der Waals surface area contributed by atoms with E-state index in [2.05, 4.69) is 27.3 Å². The Balaban J connectivity index is 1.38. The van der Waals surface area contributed by atoms with Gasteiger partial charge < -0.3 is 10.1 Å². The van der Waals surface area contributed by atoms with Crippen LogP contribution in [-0.2, 0) is 22.3 Å². The molecule has 1 unspecified atom stereocenters. The molecule has 1 saturated heterocycles. The van der Waals surface area contributed by atoms with E-state index in [1.807, 2.05) is 18.2 Å².